The Balaban J connectivity index is 2.52. The molecular formula is C14H18N2. The Hall–Kier alpha value is -1.59. The van der Waals surface area contributed by atoms with Crippen LogP contribution in [0.4, 0.5) is 0 Å². The third-order valence-electron chi connectivity index (χ3n) is 2.33. The molecule has 84 valence electrons. The van der Waals surface area contributed by atoms with Crippen LogP contribution in [-0.2, 0) is 0 Å². The molecule has 1 rings (SSSR count). The fourth-order valence-electron chi connectivity index (χ4n) is 1.36. The van der Waals surface area contributed by atoms with E-state index in [9.17, 15) is 0 Å². The lowest BCUT2D eigenvalue weighted by molar-refractivity contribution is 0.625. The summed E-state index contributed by atoms with van der Waals surface area (Å²) in [6.07, 6.45) is 5.36. The third-order valence-corrected chi connectivity index (χ3v) is 2.33. The molecule has 2 nitrogen and oxygen atoms in total. The van der Waals surface area contributed by atoms with Crippen LogP contribution >= 0.6 is 0 Å². The van der Waals surface area contributed by atoms with Crippen molar-refractivity contribution in [3.05, 3.63) is 41.5 Å². The molecule has 1 unspecified atom stereocenters. The highest BCUT2D eigenvalue weighted by atomic mass is 14.9. The van der Waals surface area contributed by atoms with Crippen molar-refractivity contribution in [1.29, 1.82) is 5.26 Å². The molecule has 0 saturated carbocycles. The van der Waals surface area contributed by atoms with E-state index in [2.05, 4.69) is 37.4 Å². The molecule has 2 heteroatoms. The predicted molar refractivity (Wildman–Crippen MR) is 67.9 cm³/mol. The number of benzene rings is 1. The van der Waals surface area contributed by atoms with Gasteiger partial charge in [0.15, 0.2) is 0 Å². The number of hydrogen-bond acceptors (Lipinski definition) is 2. The molecule has 1 aromatic rings. The van der Waals surface area contributed by atoms with E-state index in [1.54, 1.807) is 0 Å². The van der Waals surface area contributed by atoms with Crippen molar-refractivity contribution in [2.45, 2.75) is 26.3 Å². The van der Waals surface area contributed by atoms with E-state index in [-0.39, 0.29) is 0 Å². The quantitative estimate of drug-likeness (QED) is 0.818. The molecule has 0 spiro atoms. The Morgan fingerprint density at radius 3 is 2.62 bits per heavy atom. The van der Waals surface area contributed by atoms with Crippen LogP contribution in [0.15, 0.2) is 30.3 Å². The maximum atomic E-state index is 8.67. The van der Waals surface area contributed by atoms with Crippen LogP contribution in [0.2, 0.25) is 0 Å². The Labute approximate surface area is 97.6 Å². The van der Waals surface area contributed by atoms with Gasteiger partial charge in [0.25, 0.3) is 0 Å². The van der Waals surface area contributed by atoms with Gasteiger partial charge in [0.1, 0.15) is 0 Å². The van der Waals surface area contributed by atoms with Crippen molar-refractivity contribution >= 4 is 6.08 Å². The van der Waals surface area contributed by atoms with E-state index >= 15 is 0 Å². The fraction of sp³-hybridized carbons (Fsp3) is 0.357. The molecule has 16 heavy (non-hydrogen) atoms. The van der Waals surface area contributed by atoms with Crippen molar-refractivity contribution in [3.8, 4) is 6.07 Å². The van der Waals surface area contributed by atoms with E-state index in [0.29, 0.717) is 11.6 Å². The van der Waals surface area contributed by atoms with Gasteiger partial charge in [0.05, 0.1) is 11.6 Å². The molecular weight excluding hydrogens is 196 g/mol. The van der Waals surface area contributed by atoms with Gasteiger partial charge in [-0.25, -0.2) is 0 Å². The first-order chi connectivity index (χ1) is 7.76. The number of nitriles is 1. The highest BCUT2D eigenvalue weighted by Crippen LogP contribution is 2.05. The normalized spacial score (nSPS) is 12.6. The molecule has 0 saturated heterocycles. The van der Waals surface area contributed by atoms with Crippen molar-refractivity contribution in [2.24, 2.45) is 0 Å². The highest BCUT2D eigenvalue weighted by molar-refractivity contribution is 5.51. The van der Waals surface area contributed by atoms with Crippen LogP contribution in [0, 0.1) is 11.3 Å². The van der Waals surface area contributed by atoms with E-state index in [1.807, 2.05) is 24.3 Å². The van der Waals surface area contributed by atoms with Gasteiger partial charge in [0, 0.05) is 6.04 Å². The van der Waals surface area contributed by atoms with Gasteiger partial charge in [-0.05, 0) is 37.6 Å². The molecule has 0 radical (unpaired) electrons. The van der Waals surface area contributed by atoms with E-state index in [4.69, 9.17) is 5.26 Å². The van der Waals surface area contributed by atoms with Crippen LogP contribution < -0.4 is 5.32 Å². The summed E-state index contributed by atoms with van der Waals surface area (Å²) in [5.74, 6) is 0. The molecule has 1 aromatic carbocycles. The second kappa shape index (κ2) is 6.81. The number of nitrogens with zero attached hydrogens (tertiary/aromatic N) is 1. The summed E-state index contributed by atoms with van der Waals surface area (Å²) in [5, 5.41) is 12.1. The number of hydrogen-bond donors (Lipinski definition) is 1. The SMILES string of the molecule is CCCNC(C)/C=C/c1ccc(C#N)cc1. The van der Waals surface area contributed by atoms with Gasteiger partial charge < -0.3 is 5.32 Å². The maximum absolute atomic E-state index is 8.67. The van der Waals surface area contributed by atoms with Gasteiger partial charge in [-0.1, -0.05) is 31.2 Å². The first-order valence-corrected chi connectivity index (χ1v) is 5.68. The Bertz CT molecular complexity index is 371. The van der Waals surface area contributed by atoms with Gasteiger partial charge in [-0.2, -0.15) is 5.26 Å². The standard InChI is InChI=1S/C14H18N2/c1-3-10-16-12(2)4-5-13-6-8-14(11-15)9-7-13/h4-9,12,16H,3,10H2,1-2H3/b5-4+. The lowest BCUT2D eigenvalue weighted by atomic mass is 10.1. The zero-order valence-corrected chi connectivity index (χ0v) is 9.90. The lowest BCUT2D eigenvalue weighted by Gasteiger charge is -2.07. The Kier molecular flexibility index (Phi) is 5.31. The first kappa shape index (κ1) is 12.5. The molecule has 0 aliphatic carbocycles. The summed E-state index contributed by atoms with van der Waals surface area (Å²) in [4.78, 5) is 0. The van der Waals surface area contributed by atoms with Gasteiger partial charge in [0.2, 0.25) is 0 Å². The summed E-state index contributed by atoms with van der Waals surface area (Å²) >= 11 is 0. The summed E-state index contributed by atoms with van der Waals surface area (Å²) in [5.41, 5.74) is 1.83. The second-order valence-electron chi connectivity index (χ2n) is 3.84. The third kappa shape index (κ3) is 4.29. The minimum absolute atomic E-state index is 0.385. The fourth-order valence-corrected chi connectivity index (χ4v) is 1.36. The Morgan fingerprint density at radius 1 is 1.38 bits per heavy atom. The molecule has 1 N–H and O–H groups in total. The molecule has 0 aliphatic heterocycles. The van der Waals surface area contributed by atoms with Crippen molar-refractivity contribution in [1.82, 2.24) is 5.32 Å². The van der Waals surface area contributed by atoms with Crippen LogP contribution in [0.25, 0.3) is 6.08 Å². The van der Waals surface area contributed by atoms with Crippen molar-refractivity contribution in [3.63, 3.8) is 0 Å². The summed E-state index contributed by atoms with van der Waals surface area (Å²) in [6.45, 7) is 5.33. The van der Waals surface area contributed by atoms with Gasteiger partial charge >= 0.3 is 0 Å². The summed E-state index contributed by atoms with van der Waals surface area (Å²) in [7, 11) is 0. The van der Waals surface area contributed by atoms with Crippen molar-refractivity contribution in [2.75, 3.05) is 6.54 Å². The lowest BCUT2D eigenvalue weighted by Crippen LogP contribution is -2.24. The molecule has 1 atom stereocenters. The number of rotatable bonds is 5. The zero-order valence-electron chi connectivity index (χ0n) is 9.90. The maximum Gasteiger partial charge on any atom is 0.0991 e. The highest BCUT2D eigenvalue weighted by Gasteiger charge is 1.94. The molecule has 0 fully saturated rings. The van der Waals surface area contributed by atoms with Gasteiger partial charge in [-0.15, -0.1) is 0 Å². The summed E-state index contributed by atoms with van der Waals surface area (Å²) in [6, 6.07) is 10.1. The average Bonchev–Trinajstić information content (AvgIpc) is 2.34. The molecule has 0 aromatic heterocycles. The van der Waals surface area contributed by atoms with E-state index < -0.39 is 0 Å². The van der Waals surface area contributed by atoms with E-state index in [0.717, 1.165) is 18.5 Å². The molecule has 0 aliphatic rings. The second-order valence-corrected chi connectivity index (χ2v) is 3.84. The van der Waals surface area contributed by atoms with Gasteiger partial charge in [-0.3, -0.25) is 0 Å². The van der Waals surface area contributed by atoms with E-state index in [1.165, 1.54) is 0 Å². The van der Waals surface area contributed by atoms with Crippen LogP contribution in [0.1, 0.15) is 31.4 Å². The largest absolute Gasteiger partial charge is 0.311 e. The number of nitrogens with one attached hydrogen (secondary N) is 1. The minimum atomic E-state index is 0.385. The van der Waals surface area contributed by atoms with Crippen LogP contribution in [0.5, 0.6) is 0 Å². The molecule has 0 amide bonds. The molecule has 0 bridgehead atoms. The Morgan fingerprint density at radius 2 is 2.06 bits per heavy atom. The van der Waals surface area contributed by atoms with Crippen LogP contribution in [0.3, 0.4) is 0 Å². The summed E-state index contributed by atoms with van der Waals surface area (Å²) < 4.78 is 0. The predicted octanol–water partition coefficient (Wildman–Crippen LogP) is 2.96. The molecule has 0 heterocycles. The monoisotopic (exact) mass is 214 g/mol. The van der Waals surface area contributed by atoms with Crippen LogP contribution in [-0.4, -0.2) is 12.6 Å². The average molecular weight is 214 g/mol. The smallest absolute Gasteiger partial charge is 0.0991 e. The first-order valence-electron chi connectivity index (χ1n) is 5.68. The minimum Gasteiger partial charge on any atom is -0.311 e. The topological polar surface area (TPSA) is 35.8 Å². The zero-order chi connectivity index (χ0) is 11.8. The van der Waals surface area contributed by atoms with Crippen molar-refractivity contribution < 1.29 is 0 Å².